The Bertz CT molecular complexity index is 1270. The lowest BCUT2D eigenvalue weighted by Crippen LogP contribution is -2.66. The lowest BCUT2D eigenvalue weighted by Gasteiger charge is -2.48. The van der Waals surface area contributed by atoms with E-state index < -0.39 is 124 Å². The summed E-state index contributed by atoms with van der Waals surface area (Å²) >= 11 is 0. The van der Waals surface area contributed by atoms with Crippen molar-refractivity contribution in [3.05, 3.63) is 36.5 Å². The summed E-state index contributed by atoms with van der Waals surface area (Å²) in [5, 5.41) is 119. The molecule has 0 aromatic heterocycles. The second kappa shape index (κ2) is 27.9. The van der Waals surface area contributed by atoms with Crippen molar-refractivity contribution in [1.82, 2.24) is 5.32 Å². The molecule has 1 amide bonds. The fourth-order valence-electron chi connectivity index (χ4n) is 7.11. The Morgan fingerprint density at radius 1 is 0.617 bits per heavy atom. The van der Waals surface area contributed by atoms with Gasteiger partial charge in [0, 0.05) is 6.42 Å². The van der Waals surface area contributed by atoms with Gasteiger partial charge in [0.05, 0.1) is 38.6 Å². The second-order valence-electron chi connectivity index (χ2n) is 15.5. The first kappa shape index (κ1) is 52.4. The van der Waals surface area contributed by atoms with Gasteiger partial charge in [0.15, 0.2) is 18.9 Å². The first-order valence-corrected chi connectivity index (χ1v) is 21.2. The van der Waals surface area contributed by atoms with E-state index in [0.29, 0.717) is 12.8 Å². The van der Waals surface area contributed by atoms with Crippen molar-refractivity contribution < 1.29 is 89.4 Å². The van der Waals surface area contributed by atoms with Crippen LogP contribution in [0.5, 0.6) is 0 Å². The van der Waals surface area contributed by atoms with E-state index in [2.05, 4.69) is 30.5 Å². The summed E-state index contributed by atoms with van der Waals surface area (Å²) in [4.78, 5) is 12.9. The molecule has 60 heavy (non-hydrogen) atoms. The van der Waals surface area contributed by atoms with E-state index in [1.54, 1.807) is 12.2 Å². The summed E-state index contributed by atoms with van der Waals surface area (Å²) in [5.74, 6) is -0.308. The van der Waals surface area contributed by atoms with Crippen LogP contribution in [0, 0.1) is 0 Å². The monoisotopic (exact) mass is 865 g/mol. The molecule has 19 heteroatoms. The van der Waals surface area contributed by atoms with Crippen LogP contribution in [0.2, 0.25) is 0 Å². The average Bonchev–Trinajstić information content (AvgIpc) is 3.24. The molecule has 3 rings (SSSR count). The molecule has 17 unspecified atom stereocenters. The molecule has 3 aliphatic heterocycles. The Morgan fingerprint density at radius 3 is 1.67 bits per heavy atom. The number of aliphatic hydroxyl groups is 11. The number of rotatable bonds is 26. The second-order valence-corrected chi connectivity index (χ2v) is 15.5. The summed E-state index contributed by atoms with van der Waals surface area (Å²) in [7, 11) is 0. The molecular weight excluding hydrogens is 794 g/mol. The predicted molar refractivity (Wildman–Crippen MR) is 212 cm³/mol. The third-order valence-corrected chi connectivity index (χ3v) is 10.8. The summed E-state index contributed by atoms with van der Waals surface area (Å²) in [5.41, 5.74) is 0. The van der Waals surface area contributed by atoms with Crippen LogP contribution >= 0.6 is 0 Å². The van der Waals surface area contributed by atoms with E-state index in [-0.39, 0.29) is 18.9 Å². The number of aliphatic hydroxyl groups excluding tert-OH is 11. The molecule has 3 heterocycles. The summed E-state index contributed by atoms with van der Waals surface area (Å²) in [6, 6.07) is -0.986. The van der Waals surface area contributed by atoms with Crippen molar-refractivity contribution in [3.63, 3.8) is 0 Å². The number of nitrogens with one attached hydrogen (secondary N) is 1. The Balaban J connectivity index is 1.64. The molecule has 3 aliphatic rings. The molecule has 0 bridgehead atoms. The van der Waals surface area contributed by atoms with Gasteiger partial charge < -0.3 is 89.9 Å². The van der Waals surface area contributed by atoms with Gasteiger partial charge in [-0.1, -0.05) is 75.5 Å². The number of allylic oxidation sites excluding steroid dienone is 5. The third-order valence-electron chi connectivity index (χ3n) is 10.8. The third kappa shape index (κ3) is 15.7. The summed E-state index contributed by atoms with van der Waals surface area (Å²) < 4.78 is 33.8. The Morgan fingerprint density at radius 2 is 1.10 bits per heavy atom. The van der Waals surface area contributed by atoms with E-state index in [4.69, 9.17) is 28.4 Å². The van der Waals surface area contributed by atoms with Gasteiger partial charge in [-0.3, -0.25) is 4.79 Å². The molecule has 19 nitrogen and oxygen atoms in total. The standard InChI is InChI=1S/C41H71NO18/c1-3-5-7-9-11-12-13-14-16-18-25(46)24(42-29(47)19-17-15-10-8-6-4-2)23-55-39-35(53)32(50)37(27(21-44)57-39)60-41-36(54)33(51)38(28(22-45)58-41)59-40-34(52)31(49)30(48)26(20-43)56-40/h3,5,11-12,16,18,24-28,30-41,43-46,48-54H,4,6-10,13-15,17,19-23H2,1-2H3,(H,42,47)/b5-3+,12-11+,18-16+. The highest BCUT2D eigenvalue weighted by molar-refractivity contribution is 5.76. The lowest BCUT2D eigenvalue weighted by atomic mass is 9.96. The van der Waals surface area contributed by atoms with Crippen LogP contribution in [-0.2, 0) is 33.2 Å². The van der Waals surface area contributed by atoms with Crippen LogP contribution in [0.3, 0.4) is 0 Å². The molecule has 0 aliphatic carbocycles. The zero-order valence-corrected chi connectivity index (χ0v) is 34.7. The zero-order chi connectivity index (χ0) is 44.2. The lowest BCUT2D eigenvalue weighted by molar-refractivity contribution is -0.379. The minimum absolute atomic E-state index is 0.228. The van der Waals surface area contributed by atoms with Crippen LogP contribution in [0.1, 0.15) is 84.5 Å². The van der Waals surface area contributed by atoms with Crippen molar-refractivity contribution in [2.75, 3.05) is 26.4 Å². The fraction of sp³-hybridized carbons (Fsp3) is 0.829. The van der Waals surface area contributed by atoms with Gasteiger partial charge in [0.25, 0.3) is 0 Å². The SMILES string of the molecule is C/C=C/CC/C=C/CC/C=C/C(O)C(COC1OC(CO)C(OC2OC(CO)C(OC3OC(CO)C(O)C(O)C3O)C(O)C2O)C(O)C1O)NC(=O)CCCCCCCC. The van der Waals surface area contributed by atoms with Crippen molar-refractivity contribution in [3.8, 4) is 0 Å². The van der Waals surface area contributed by atoms with Crippen molar-refractivity contribution in [2.24, 2.45) is 0 Å². The van der Waals surface area contributed by atoms with Gasteiger partial charge in [0.1, 0.15) is 73.2 Å². The van der Waals surface area contributed by atoms with Crippen LogP contribution < -0.4 is 5.32 Å². The first-order valence-electron chi connectivity index (χ1n) is 21.2. The van der Waals surface area contributed by atoms with Crippen molar-refractivity contribution >= 4 is 5.91 Å². The number of hydrogen-bond donors (Lipinski definition) is 12. The molecule has 3 fully saturated rings. The number of carbonyl (C=O) groups is 1. The highest BCUT2D eigenvalue weighted by Crippen LogP contribution is 2.32. The van der Waals surface area contributed by atoms with Crippen LogP contribution in [0.4, 0.5) is 0 Å². The Hall–Kier alpha value is -1.99. The molecular formula is C41H71NO18. The summed E-state index contributed by atoms with van der Waals surface area (Å²) in [6.07, 6.45) is -5.97. The van der Waals surface area contributed by atoms with E-state index in [9.17, 15) is 61.0 Å². The van der Waals surface area contributed by atoms with Gasteiger partial charge in [-0.2, -0.15) is 0 Å². The van der Waals surface area contributed by atoms with Gasteiger partial charge in [-0.05, 0) is 39.0 Å². The zero-order valence-electron chi connectivity index (χ0n) is 34.7. The first-order chi connectivity index (χ1) is 28.8. The highest BCUT2D eigenvalue weighted by Gasteiger charge is 2.53. The number of ether oxygens (including phenoxy) is 6. The van der Waals surface area contributed by atoms with E-state index >= 15 is 0 Å². The molecule has 17 atom stereocenters. The number of hydrogen-bond acceptors (Lipinski definition) is 18. The van der Waals surface area contributed by atoms with Crippen molar-refractivity contribution in [2.45, 2.75) is 189 Å². The molecule has 0 saturated carbocycles. The number of unbranched alkanes of at least 4 members (excludes halogenated alkanes) is 7. The van der Waals surface area contributed by atoms with Gasteiger partial charge in [-0.15, -0.1) is 0 Å². The smallest absolute Gasteiger partial charge is 0.220 e. The van der Waals surface area contributed by atoms with E-state index in [1.165, 1.54) is 0 Å². The fourth-order valence-corrected chi connectivity index (χ4v) is 7.11. The maximum atomic E-state index is 12.9. The Labute approximate surface area is 351 Å². The maximum Gasteiger partial charge on any atom is 0.220 e. The molecule has 0 radical (unpaired) electrons. The topological polar surface area (TPSA) is 307 Å². The van der Waals surface area contributed by atoms with Crippen molar-refractivity contribution in [1.29, 1.82) is 0 Å². The average molecular weight is 866 g/mol. The van der Waals surface area contributed by atoms with Crippen LogP contribution in [-0.4, -0.2) is 193 Å². The van der Waals surface area contributed by atoms with E-state index in [1.807, 2.05) is 13.0 Å². The molecule has 0 aromatic carbocycles. The predicted octanol–water partition coefficient (Wildman–Crippen LogP) is -1.70. The van der Waals surface area contributed by atoms with Gasteiger partial charge in [-0.25, -0.2) is 0 Å². The molecule has 3 saturated heterocycles. The normalized spacial score (nSPS) is 36.3. The minimum atomic E-state index is -1.98. The molecule has 0 spiro atoms. The summed E-state index contributed by atoms with van der Waals surface area (Å²) in [6.45, 7) is 1.29. The quantitative estimate of drug-likeness (QED) is 0.0341. The van der Waals surface area contributed by atoms with Crippen LogP contribution in [0.15, 0.2) is 36.5 Å². The van der Waals surface area contributed by atoms with E-state index in [0.717, 1.165) is 51.4 Å². The highest BCUT2D eigenvalue weighted by atomic mass is 16.8. The van der Waals surface area contributed by atoms with Crippen LogP contribution in [0.25, 0.3) is 0 Å². The van der Waals surface area contributed by atoms with Gasteiger partial charge >= 0.3 is 0 Å². The number of amides is 1. The number of carbonyl (C=O) groups excluding carboxylic acids is 1. The maximum absolute atomic E-state index is 12.9. The molecule has 0 aromatic rings. The largest absolute Gasteiger partial charge is 0.394 e. The molecule has 12 N–H and O–H groups in total. The Kier molecular flexibility index (Phi) is 24.4. The molecule has 348 valence electrons. The van der Waals surface area contributed by atoms with Gasteiger partial charge in [0.2, 0.25) is 5.91 Å². The minimum Gasteiger partial charge on any atom is -0.394 e.